The number of nitrogens with zero attached hydrogens (tertiary/aromatic N) is 1. The number of nitro benzene ring substituents is 1. The van der Waals surface area contributed by atoms with Crippen molar-refractivity contribution in [2.75, 3.05) is 5.88 Å². The largest absolute Gasteiger partial charge is 0.349 e. The molecule has 1 aromatic carbocycles. The molecule has 0 aliphatic rings. The van der Waals surface area contributed by atoms with E-state index in [2.05, 4.69) is 5.32 Å². The first-order valence-corrected chi connectivity index (χ1v) is 6.52. The van der Waals surface area contributed by atoms with Crippen LogP contribution in [0.3, 0.4) is 0 Å². The predicted octanol–water partition coefficient (Wildman–Crippen LogP) is 2.90. The number of alkyl halides is 1. The van der Waals surface area contributed by atoms with Crippen molar-refractivity contribution in [1.82, 2.24) is 5.32 Å². The molecule has 0 bridgehead atoms. The van der Waals surface area contributed by atoms with Crippen LogP contribution in [0.2, 0.25) is 0 Å². The minimum atomic E-state index is -0.463. The molecule has 0 aromatic heterocycles. The van der Waals surface area contributed by atoms with E-state index in [4.69, 9.17) is 11.6 Å². The van der Waals surface area contributed by atoms with Gasteiger partial charge < -0.3 is 5.32 Å². The number of halogens is 1. The van der Waals surface area contributed by atoms with Gasteiger partial charge in [0.1, 0.15) is 0 Å². The van der Waals surface area contributed by atoms with E-state index >= 15 is 0 Å². The Labute approximate surface area is 117 Å². The standard InChI is InChI=1S/C13H17ClN2O3/c1-8-6-11(4-5-12(8)16(18)19)13(17)15-10(3)9(2)7-14/h4-6,9-10H,7H2,1-3H3,(H,15,17). The Morgan fingerprint density at radius 3 is 2.58 bits per heavy atom. The summed E-state index contributed by atoms with van der Waals surface area (Å²) in [4.78, 5) is 22.2. The van der Waals surface area contributed by atoms with Crippen LogP contribution in [-0.2, 0) is 0 Å². The molecule has 1 aromatic rings. The van der Waals surface area contributed by atoms with Gasteiger partial charge in [0.05, 0.1) is 4.92 Å². The van der Waals surface area contributed by atoms with Gasteiger partial charge in [-0.2, -0.15) is 0 Å². The van der Waals surface area contributed by atoms with Gasteiger partial charge in [-0.15, -0.1) is 11.6 Å². The highest BCUT2D eigenvalue weighted by molar-refractivity contribution is 6.18. The molecule has 2 unspecified atom stereocenters. The van der Waals surface area contributed by atoms with Crippen molar-refractivity contribution in [2.45, 2.75) is 26.8 Å². The first-order chi connectivity index (χ1) is 8.86. The number of hydrogen-bond donors (Lipinski definition) is 1. The third-order valence-electron chi connectivity index (χ3n) is 3.11. The summed E-state index contributed by atoms with van der Waals surface area (Å²) in [5.41, 5.74) is 0.895. The van der Waals surface area contributed by atoms with Crippen LogP contribution in [0.1, 0.15) is 29.8 Å². The molecule has 104 valence electrons. The minimum absolute atomic E-state index is 0.0127. The number of carbonyl (C=O) groups is 1. The maximum atomic E-state index is 12.0. The number of carbonyl (C=O) groups excluding carboxylic acids is 1. The number of rotatable bonds is 5. The Bertz CT molecular complexity index is 491. The highest BCUT2D eigenvalue weighted by Gasteiger charge is 2.17. The van der Waals surface area contributed by atoms with Crippen molar-refractivity contribution in [1.29, 1.82) is 0 Å². The van der Waals surface area contributed by atoms with E-state index in [1.54, 1.807) is 6.92 Å². The first-order valence-electron chi connectivity index (χ1n) is 5.98. The van der Waals surface area contributed by atoms with Gasteiger partial charge in [-0.05, 0) is 31.9 Å². The van der Waals surface area contributed by atoms with Crippen LogP contribution in [0.5, 0.6) is 0 Å². The fourth-order valence-electron chi connectivity index (χ4n) is 1.57. The molecule has 0 aliphatic heterocycles. The number of hydrogen-bond acceptors (Lipinski definition) is 3. The molecule has 5 nitrogen and oxygen atoms in total. The summed E-state index contributed by atoms with van der Waals surface area (Å²) < 4.78 is 0. The fraction of sp³-hybridized carbons (Fsp3) is 0.462. The van der Waals surface area contributed by atoms with Gasteiger partial charge in [0, 0.05) is 29.1 Å². The Kier molecular flexibility index (Phi) is 5.30. The monoisotopic (exact) mass is 284 g/mol. The van der Waals surface area contributed by atoms with E-state index in [0.717, 1.165) is 0 Å². The van der Waals surface area contributed by atoms with Crippen molar-refractivity contribution in [3.8, 4) is 0 Å². The second-order valence-corrected chi connectivity index (χ2v) is 4.96. The maximum Gasteiger partial charge on any atom is 0.272 e. The molecule has 2 atom stereocenters. The third kappa shape index (κ3) is 3.92. The van der Waals surface area contributed by atoms with Crippen LogP contribution in [0, 0.1) is 23.0 Å². The van der Waals surface area contributed by atoms with E-state index in [1.807, 2.05) is 13.8 Å². The van der Waals surface area contributed by atoms with E-state index in [9.17, 15) is 14.9 Å². The van der Waals surface area contributed by atoms with Crippen molar-refractivity contribution < 1.29 is 9.72 Å². The van der Waals surface area contributed by atoms with Gasteiger partial charge >= 0.3 is 0 Å². The first kappa shape index (κ1) is 15.4. The molecule has 1 N–H and O–H groups in total. The quantitative estimate of drug-likeness (QED) is 0.513. The van der Waals surface area contributed by atoms with Crippen LogP contribution in [-0.4, -0.2) is 22.8 Å². The van der Waals surface area contributed by atoms with Crippen molar-refractivity contribution in [3.63, 3.8) is 0 Å². The van der Waals surface area contributed by atoms with E-state index in [-0.39, 0.29) is 23.6 Å². The Balaban J connectivity index is 2.84. The van der Waals surface area contributed by atoms with Gasteiger partial charge in [-0.1, -0.05) is 6.92 Å². The molecule has 0 aliphatic carbocycles. The number of benzene rings is 1. The summed E-state index contributed by atoms with van der Waals surface area (Å²) in [5.74, 6) is 0.369. The van der Waals surface area contributed by atoms with Crippen molar-refractivity contribution in [2.24, 2.45) is 5.92 Å². The second-order valence-electron chi connectivity index (χ2n) is 4.65. The zero-order chi connectivity index (χ0) is 14.6. The molecule has 0 radical (unpaired) electrons. The molecule has 0 saturated heterocycles. The highest BCUT2D eigenvalue weighted by Crippen LogP contribution is 2.19. The zero-order valence-corrected chi connectivity index (χ0v) is 11.9. The van der Waals surface area contributed by atoms with Crippen molar-refractivity contribution >= 4 is 23.2 Å². The molecule has 0 heterocycles. The van der Waals surface area contributed by atoms with Gasteiger partial charge in [-0.25, -0.2) is 0 Å². The van der Waals surface area contributed by atoms with Gasteiger partial charge in [-0.3, -0.25) is 14.9 Å². The van der Waals surface area contributed by atoms with Crippen molar-refractivity contribution in [3.05, 3.63) is 39.4 Å². The lowest BCUT2D eigenvalue weighted by atomic mass is 10.0. The minimum Gasteiger partial charge on any atom is -0.349 e. The molecular weight excluding hydrogens is 268 g/mol. The zero-order valence-electron chi connectivity index (χ0n) is 11.1. The summed E-state index contributed by atoms with van der Waals surface area (Å²) in [6, 6.07) is 4.27. The molecule has 0 fully saturated rings. The lowest BCUT2D eigenvalue weighted by Gasteiger charge is -2.19. The number of aryl methyl sites for hydroxylation is 1. The maximum absolute atomic E-state index is 12.0. The van der Waals surface area contributed by atoms with E-state index in [1.165, 1.54) is 18.2 Å². The average Bonchev–Trinajstić information content (AvgIpc) is 2.36. The lowest BCUT2D eigenvalue weighted by Crippen LogP contribution is -2.37. The average molecular weight is 285 g/mol. The molecular formula is C13H17ClN2O3. The van der Waals surface area contributed by atoms with Crippen LogP contribution < -0.4 is 5.32 Å². The second kappa shape index (κ2) is 6.52. The molecule has 1 rings (SSSR count). The Morgan fingerprint density at radius 2 is 2.11 bits per heavy atom. The molecule has 1 amide bonds. The normalized spacial score (nSPS) is 13.7. The lowest BCUT2D eigenvalue weighted by molar-refractivity contribution is -0.385. The SMILES string of the molecule is Cc1cc(C(=O)NC(C)C(C)CCl)ccc1[N+](=O)[O-]. The molecule has 0 saturated carbocycles. The number of amides is 1. The number of nitro groups is 1. The summed E-state index contributed by atoms with van der Waals surface area (Å²) in [5, 5.41) is 13.5. The van der Waals surface area contributed by atoms with Crippen LogP contribution in [0.15, 0.2) is 18.2 Å². The predicted molar refractivity (Wildman–Crippen MR) is 74.6 cm³/mol. The Morgan fingerprint density at radius 1 is 1.47 bits per heavy atom. The van der Waals surface area contributed by atoms with Crippen LogP contribution in [0.25, 0.3) is 0 Å². The molecule has 19 heavy (non-hydrogen) atoms. The summed E-state index contributed by atoms with van der Waals surface area (Å²) in [7, 11) is 0. The molecule has 6 heteroatoms. The topological polar surface area (TPSA) is 72.2 Å². The van der Waals surface area contributed by atoms with E-state index < -0.39 is 4.92 Å². The van der Waals surface area contributed by atoms with Gasteiger partial charge in [0.2, 0.25) is 0 Å². The smallest absolute Gasteiger partial charge is 0.272 e. The van der Waals surface area contributed by atoms with Crippen LogP contribution in [0.4, 0.5) is 5.69 Å². The van der Waals surface area contributed by atoms with E-state index in [0.29, 0.717) is 17.0 Å². The molecule has 0 spiro atoms. The fourth-order valence-corrected chi connectivity index (χ4v) is 1.83. The highest BCUT2D eigenvalue weighted by atomic mass is 35.5. The van der Waals surface area contributed by atoms with Gasteiger partial charge in [0.15, 0.2) is 0 Å². The van der Waals surface area contributed by atoms with Crippen LogP contribution >= 0.6 is 11.6 Å². The summed E-state index contributed by atoms with van der Waals surface area (Å²) in [6.07, 6.45) is 0. The Hall–Kier alpha value is -1.62. The van der Waals surface area contributed by atoms with Gasteiger partial charge in [0.25, 0.3) is 11.6 Å². The summed E-state index contributed by atoms with van der Waals surface area (Å²) in [6.45, 7) is 5.43. The number of nitrogens with one attached hydrogen (secondary N) is 1. The third-order valence-corrected chi connectivity index (χ3v) is 3.60. The summed E-state index contributed by atoms with van der Waals surface area (Å²) >= 11 is 5.73.